The number of unbranched alkanes of at least 4 members (excludes halogenated alkanes) is 10. The van der Waals surface area contributed by atoms with E-state index in [0.717, 1.165) is 38.5 Å². The Morgan fingerprint density at radius 1 is 0.865 bits per heavy atom. The van der Waals surface area contributed by atoms with Crippen LogP contribution in [-0.4, -0.2) is 87.0 Å². The zero-order chi connectivity index (χ0) is 27.4. The highest BCUT2D eigenvalue weighted by Gasteiger charge is 2.50. The molecule has 0 aliphatic carbocycles. The highest BCUT2D eigenvalue weighted by molar-refractivity contribution is 5.85. The average Bonchev–Trinajstić information content (AvgIpc) is 3.15. The summed E-state index contributed by atoms with van der Waals surface area (Å²) in [6.45, 7) is 2.80. The molecule has 2 aliphatic heterocycles. The number of cyclic esters (lactones) is 1. The summed E-state index contributed by atoms with van der Waals surface area (Å²) in [7, 11) is 0. The Morgan fingerprint density at radius 3 is 1.95 bits per heavy atom. The number of carbonyl (C=O) groups is 2. The first-order valence-corrected chi connectivity index (χ1v) is 14.1. The molecule has 2 heterocycles. The van der Waals surface area contributed by atoms with Crippen molar-refractivity contribution in [3.63, 3.8) is 0 Å². The van der Waals surface area contributed by atoms with Gasteiger partial charge in [0.25, 0.3) is 0 Å². The molecular formula is C27H48O10. The van der Waals surface area contributed by atoms with Gasteiger partial charge in [-0.1, -0.05) is 71.1 Å². The Labute approximate surface area is 220 Å². The highest BCUT2D eigenvalue weighted by atomic mass is 16.7. The second-order valence-electron chi connectivity index (χ2n) is 10.7. The van der Waals surface area contributed by atoms with E-state index in [4.69, 9.17) is 14.2 Å². The van der Waals surface area contributed by atoms with Crippen LogP contribution in [0.25, 0.3) is 0 Å². The van der Waals surface area contributed by atoms with Crippen LogP contribution in [0.1, 0.15) is 97.3 Å². The quantitative estimate of drug-likeness (QED) is 0.138. The first-order valence-electron chi connectivity index (χ1n) is 14.1. The number of rotatable bonds is 17. The van der Waals surface area contributed by atoms with Crippen LogP contribution in [0.15, 0.2) is 0 Å². The van der Waals surface area contributed by atoms with Crippen molar-refractivity contribution < 1.29 is 49.3 Å². The van der Waals surface area contributed by atoms with Gasteiger partial charge in [0.1, 0.15) is 36.4 Å². The van der Waals surface area contributed by atoms with Crippen LogP contribution in [-0.2, 0) is 23.8 Å². The van der Waals surface area contributed by atoms with Crippen LogP contribution in [0, 0.1) is 11.8 Å². The molecule has 9 atom stereocenters. The summed E-state index contributed by atoms with van der Waals surface area (Å²) in [6.07, 6.45) is 5.33. The molecule has 2 rings (SSSR count). The van der Waals surface area contributed by atoms with Crippen LogP contribution >= 0.6 is 0 Å². The predicted octanol–water partition coefficient (Wildman–Crippen LogP) is 1.96. The van der Waals surface area contributed by atoms with Gasteiger partial charge < -0.3 is 39.7 Å². The topological polar surface area (TPSA) is 163 Å². The van der Waals surface area contributed by atoms with Gasteiger partial charge in [-0.25, -0.2) is 0 Å². The number of esters is 2. The minimum Gasteiger partial charge on any atom is -0.461 e. The molecule has 5 N–H and O–H groups in total. The molecule has 0 aromatic rings. The van der Waals surface area contributed by atoms with Crippen LogP contribution in [0.3, 0.4) is 0 Å². The van der Waals surface area contributed by atoms with Crippen molar-refractivity contribution in [3.05, 3.63) is 0 Å². The molecule has 2 saturated heterocycles. The van der Waals surface area contributed by atoms with Crippen LogP contribution in [0.2, 0.25) is 0 Å². The van der Waals surface area contributed by atoms with Crippen LogP contribution < -0.4 is 0 Å². The molecule has 37 heavy (non-hydrogen) atoms. The maximum absolute atomic E-state index is 12.9. The normalized spacial score (nSPS) is 32.8. The first-order chi connectivity index (χ1) is 17.7. The summed E-state index contributed by atoms with van der Waals surface area (Å²) in [6, 6.07) is 0. The summed E-state index contributed by atoms with van der Waals surface area (Å²) in [5, 5.41) is 48.5. The van der Waals surface area contributed by atoms with Crippen molar-refractivity contribution in [2.75, 3.05) is 6.61 Å². The SMILES string of the molecule is C[C@H](O)CCCCCCCCCCCCC[C@@H]1OC(=O)[C@@H](C)[C@H]1C(=O)O[C@@H]1O[C@H](CO)[C@@H](O)[C@H](O)[C@H]1O. The highest BCUT2D eigenvalue weighted by Crippen LogP contribution is 2.34. The lowest BCUT2D eigenvalue weighted by Crippen LogP contribution is -2.59. The Morgan fingerprint density at radius 2 is 1.41 bits per heavy atom. The Kier molecular flexibility index (Phi) is 14.3. The van der Waals surface area contributed by atoms with Crippen LogP contribution in [0.5, 0.6) is 0 Å². The third-order valence-electron chi connectivity index (χ3n) is 7.54. The predicted molar refractivity (Wildman–Crippen MR) is 134 cm³/mol. The summed E-state index contributed by atoms with van der Waals surface area (Å²) in [5.74, 6) is -2.83. The number of aliphatic hydroxyl groups excluding tert-OH is 5. The van der Waals surface area contributed by atoms with E-state index >= 15 is 0 Å². The molecule has 0 amide bonds. The average molecular weight is 533 g/mol. The summed E-state index contributed by atoms with van der Waals surface area (Å²) >= 11 is 0. The summed E-state index contributed by atoms with van der Waals surface area (Å²) in [5.41, 5.74) is 0. The third kappa shape index (κ3) is 10.1. The lowest BCUT2D eigenvalue weighted by atomic mass is 9.89. The minimum atomic E-state index is -1.69. The zero-order valence-corrected chi connectivity index (χ0v) is 22.4. The molecule has 0 radical (unpaired) electrons. The Balaban J connectivity index is 1.65. The van der Waals surface area contributed by atoms with E-state index in [2.05, 4.69) is 0 Å². The second-order valence-corrected chi connectivity index (χ2v) is 10.7. The van der Waals surface area contributed by atoms with Gasteiger partial charge in [0.2, 0.25) is 6.29 Å². The summed E-state index contributed by atoms with van der Waals surface area (Å²) in [4.78, 5) is 25.1. The number of hydrogen-bond donors (Lipinski definition) is 5. The van der Waals surface area contributed by atoms with E-state index in [1.54, 1.807) is 6.92 Å². The number of hydrogen-bond acceptors (Lipinski definition) is 10. The molecule has 0 saturated carbocycles. The molecule has 0 aromatic carbocycles. The molecule has 0 spiro atoms. The molecule has 10 heteroatoms. The van der Waals surface area contributed by atoms with Gasteiger partial charge in [-0.15, -0.1) is 0 Å². The fourth-order valence-corrected chi connectivity index (χ4v) is 5.13. The Bertz CT molecular complexity index is 670. The van der Waals surface area contributed by atoms with Crippen molar-refractivity contribution in [2.45, 2.75) is 140 Å². The van der Waals surface area contributed by atoms with E-state index in [-0.39, 0.29) is 6.10 Å². The second kappa shape index (κ2) is 16.6. The largest absolute Gasteiger partial charge is 0.461 e. The fraction of sp³-hybridized carbons (Fsp3) is 0.926. The monoisotopic (exact) mass is 532 g/mol. The molecule has 0 unspecified atom stereocenters. The standard InChI is InChI=1S/C27H48O10/c1-17(29)14-12-10-8-6-4-3-5-7-9-11-13-15-19-21(18(2)25(33)35-19)26(34)37-27-24(32)23(31)22(30)20(16-28)36-27/h17-24,27-32H,3-16H2,1-2H3/t17-,18-,19-,20+,21+,22+,23-,24+,27-/m0/s1. The number of ether oxygens (including phenoxy) is 3. The summed E-state index contributed by atoms with van der Waals surface area (Å²) < 4.78 is 16.0. The number of aliphatic hydroxyl groups is 5. The van der Waals surface area contributed by atoms with E-state index in [1.807, 2.05) is 6.92 Å². The van der Waals surface area contributed by atoms with E-state index in [1.165, 1.54) is 38.5 Å². The molecule has 0 bridgehead atoms. The van der Waals surface area contributed by atoms with E-state index in [0.29, 0.717) is 6.42 Å². The van der Waals surface area contributed by atoms with Crippen molar-refractivity contribution in [1.29, 1.82) is 0 Å². The smallest absolute Gasteiger partial charge is 0.315 e. The van der Waals surface area contributed by atoms with Gasteiger partial charge in [0, 0.05) is 0 Å². The van der Waals surface area contributed by atoms with Gasteiger partial charge in [-0.2, -0.15) is 0 Å². The van der Waals surface area contributed by atoms with Crippen LogP contribution in [0.4, 0.5) is 0 Å². The molecule has 2 fully saturated rings. The minimum absolute atomic E-state index is 0.194. The lowest BCUT2D eigenvalue weighted by molar-refractivity contribution is -0.294. The van der Waals surface area contributed by atoms with E-state index in [9.17, 15) is 35.1 Å². The van der Waals surface area contributed by atoms with E-state index < -0.39 is 67.2 Å². The van der Waals surface area contributed by atoms with Gasteiger partial charge in [-0.3, -0.25) is 9.59 Å². The molecule has 216 valence electrons. The van der Waals surface area contributed by atoms with Crippen molar-refractivity contribution in [3.8, 4) is 0 Å². The first kappa shape index (κ1) is 31.9. The third-order valence-corrected chi connectivity index (χ3v) is 7.54. The van der Waals surface area contributed by atoms with Gasteiger partial charge in [0.15, 0.2) is 0 Å². The van der Waals surface area contributed by atoms with Crippen molar-refractivity contribution in [2.24, 2.45) is 11.8 Å². The maximum atomic E-state index is 12.9. The fourth-order valence-electron chi connectivity index (χ4n) is 5.13. The van der Waals surface area contributed by atoms with Crippen molar-refractivity contribution in [1.82, 2.24) is 0 Å². The van der Waals surface area contributed by atoms with Gasteiger partial charge in [0.05, 0.1) is 18.6 Å². The maximum Gasteiger partial charge on any atom is 0.315 e. The zero-order valence-electron chi connectivity index (χ0n) is 22.4. The molecule has 10 nitrogen and oxygen atoms in total. The molecular weight excluding hydrogens is 484 g/mol. The Hall–Kier alpha value is -1.30. The van der Waals surface area contributed by atoms with Gasteiger partial charge in [-0.05, 0) is 26.2 Å². The molecule has 2 aliphatic rings. The number of carbonyl (C=O) groups excluding carboxylic acids is 2. The molecule has 0 aromatic heterocycles. The van der Waals surface area contributed by atoms with Crippen molar-refractivity contribution >= 4 is 11.9 Å². The van der Waals surface area contributed by atoms with Gasteiger partial charge >= 0.3 is 11.9 Å². The lowest BCUT2D eigenvalue weighted by Gasteiger charge is -2.39.